The fourth-order valence-corrected chi connectivity index (χ4v) is 2.25. The smallest absolute Gasteiger partial charge is 0.291 e. The van der Waals surface area contributed by atoms with E-state index in [1.165, 1.54) is 6.20 Å². The molecule has 1 aliphatic rings. The second-order valence-corrected chi connectivity index (χ2v) is 5.18. The van der Waals surface area contributed by atoms with E-state index >= 15 is 0 Å². The highest BCUT2D eigenvalue weighted by Crippen LogP contribution is 2.34. The van der Waals surface area contributed by atoms with Crippen LogP contribution in [0.1, 0.15) is 37.3 Å². The van der Waals surface area contributed by atoms with Crippen LogP contribution in [0.5, 0.6) is 0 Å². The molecule has 96 valence electrons. The summed E-state index contributed by atoms with van der Waals surface area (Å²) in [7, 11) is 0. The first-order chi connectivity index (χ1) is 8.41. The minimum Gasteiger partial charge on any atom is -0.325 e. The van der Waals surface area contributed by atoms with Crippen LogP contribution in [0, 0.1) is 17.0 Å². The van der Waals surface area contributed by atoms with E-state index in [2.05, 4.69) is 11.1 Å². The Hall–Kier alpha value is -1.75. The van der Waals surface area contributed by atoms with Gasteiger partial charge in [0, 0.05) is 22.9 Å². The summed E-state index contributed by atoms with van der Waals surface area (Å²) in [5.74, 6) is 0. The molecule has 1 heterocycles. The Morgan fingerprint density at radius 2 is 2.22 bits per heavy atom. The number of rotatable bonds is 2. The maximum absolute atomic E-state index is 10.9. The van der Waals surface area contributed by atoms with Crippen molar-refractivity contribution in [3.8, 4) is 0 Å². The van der Waals surface area contributed by atoms with Crippen molar-refractivity contribution in [3.05, 3.63) is 39.7 Å². The number of allylic oxidation sites excluding steroid dienone is 1. The maximum atomic E-state index is 10.9. The molecule has 0 fully saturated rings. The lowest BCUT2D eigenvalue weighted by Crippen LogP contribution is -2.37. The second-order valence-electron chi connectivity index (χ2n) is 5.18. The average Bonchev–Trinajstić information content (AvgIpc) is 2.29. The van der Waals surface area contributed by atoms with Gasteiger partial charge in [0.1, 0.15) is 6.20 Å². The Kier molecular flexibility index (Phi) is 3.17. The molecule has 1 atom stereocenters. The normalized spacial score (nSPS) is 23.6. The molecule has 0 bridgehead atoms. The number of aromatic nitrogens is 1. The molecule has 5 nitrogen and oxygen atoms in total. The Labute approximate surface area is 106 Å². The first kappa shape index (κ1) is 12.7. The molecule has 5 heteroatoms. The molecular formula is C13H17N3O2. The van der Waals surface area contributed by atoms with Crippen LogP contribution in [0.2, 0.25) is 0 Å². The van der Waals surface area contributed by atoms with E-state index in [0.29, 0.717) is 5.56 Å². The SMILES string of the molecule is Cc1c(C2=CCC(C)(N)CC2)cncc1[N+](=O)[O-]. The summed E-state index contributed by atoms with van der Waals surface area (Å²) in [4.78, 5) is 14.5. The number of nitrogens with zero attached hydrogens (tertiary/aromatic N) is 2. The summed E-state index contributed by atoms with van der Waals surface area (Å²) in [6, 6.07) is 0. The lowest BCUT2D eigenvalue weighted by atomic mass is 9.82. The van der Waals surface area contributed by atoms with Crippen LogP contribution >= 0.6 is 0 Å². The number of nitrogens with two attached hydrogens (primary N) is 1. The van der Waals surface area contributed by atoms with Crippen molar-refractivity contribution in [2.45, 2.75) is 38.6 Å². The van der Waals surface area contributed by atoms with Gasteiger partial charge >= 0.3 is 0 Å². The fourth-order valence-electron chi connectivity index (χ4n) is 2.25. The largest absolute Gasteiger partial charge is 0.325 e. The lowest BCUT2D eigenvalue weighted by Gasteiger charge is -2.28. The maximum Gasteiger partial charge on any atom is 0.291 e. The van der Waals surface area contributed by atoms with E-state index in [9.17, 15) is 10.1 Å². The van der Waals surface area contributed by atoms with Crippen molar-refractivity contribution in [3.63, 3.8) is 0 Å². The number of hydrogen-bond donors (Lipinski definition) is 1. The molecule has 1 aromatic heterocycles. The van der Waals surface area contributed by atoms with Gasteiger partial charge in [-0.2, -0.15) is 0 Å². The molecule has 0 spiro atoms. The molecule has 0 aliphatic heterocycles. The zero-order valence-corrected chi connectivity index (χ0v) is 10.6. The molecule has 1 aromatic rings. The third-order valence-electron chi connectivity index (χ3n) is 3.51. The Morgan fingerprint density at radius 1 is 1.50 bits per heavy atom. The van der Waals surface area contributed by atoms with Gasteiger partial charge in [-0.05, 0) is 38.7 Å². The number of hydrogen-bond acceptors (Lipinski definition) is 4. The quantitative estimate of drug-likeness (QED) is 0.643. The van der Waals surface area contributed by atoms with E-state index in [-0.39, 0.29) is 16.1 Å². The zero-order valence-electron chi connectivity index (χ0n) is 10.6. The average molecular weight is 247 g/mol. The predicted molar refractivity (Wildman–Crippen MR) is 70.0 cm³/mol. The topological polar surface area (TPSA) is 82.0 Å². The fraction of sp³-hybridized carbons (Fsp3) is 0.462. The van der Waals surface area contributed by atoms with Gasteiger partial charge in [0.2, 0.25) is 0 Å². The van der Waals surface area contributed by atoms with Crippen molar-refractivity contribution in [2.24, 2.45) is 5.73 Å². The van der Waals surface area contributed by atoms with E-state index in [1.54, 1.807) is 13.1 Å². The van der Waals surface area contributed by atoms with Gasteiger partial charge in [0.25, 0.3) is 5.69 Å². The van der Waals surface area contributed by atoms with Gasteiger partial charge < -0.3 is 5.73 Å². The monoisotopic (exact) mass is 247 g/mol. The molecule has 2 rings (SSSR count). The van der Waals surface area contributed by atoms with Crippen molar-refractivity contribution in [2.75, 3.05) is 0 Å². The predicted octanol–water partition coefficient (Wildman–Crippen LogP) is 2.58. The highest BCUT2D eigenvalue weighted by Gasteiger charge is 2.24. The molecule has 18 heavy (non-hydrogen) atoms. The zero-order chi connectivity index (χ0) is 13.3. The van der Waals surface area contributed by atoms with E-state index in [4.69, 9.17) is 5.73 Å². The van der Waals surface area contributed by atoms with Crippen molar-refractivity contribution < 1.29 is 4.92 Å². The third-order valence-corrected chi connectivity index (χ3v) is 3.51. The molecule has 0 saturated heterocycles. The van der Waals surface area contributed by atoms with Gasteiger partial charge in [-0.15, -0.1) is 0 Å². The number of pyridine rings is 1. The van der Waals surface area contributed by atoms with Crippen LogP contribution in [0.25, 0.3) is 5.57 Å². The van der Waals surface area contributed by atoms with Gasteiger partial charge in [0.05, 0.1) is 4.92 Å². The van der Waals surface area contributed by atoms with Gasteiger partial charge in [-0.25, -0.2) is 0 Å². The van der Waals surface area contributed by atoms with Crippen molar-refractivity contribution in [1.29, 1.82) is 0 Å². The van der Waals surface area contributed by atoms with Crippen LogP contribution < -0.4 is 5.73 Å². The van der Waals surface area contributed by atoms with E-state index < -0.39 is 0 Å². The summed E-state index contributed by atoms with van der Waals surface area (Å²) in [6.07, 6.45) is 7.61. The summed E-state index contributed by atoms with van der Waals surface area (Å²) in [6.45, 7) is 3.80. The first-order valence-corrected chi connectivity index (χ1v) is 5.98. The summed E-state index contributed by atoms with van der Waals surface area (Å²) in [5.41, 5.74) is 8.66. The number of nitro groups is 1. The second kappa shape index (κ2) is 4.49. The third kappa shape index (κ3) is 2.41. The van der Waals surface area contributed by atoms with Crippen LogP contribution in [-0.4, -0.2) is 15.4 Å². The van der Waals surface area contributed by atoms with Crippen LogP contribution in [0.15, 0.2) is 18.5 Å². The lowest BCUT2D eigenvalue weighted by molar-refractivity contribution is -0.385. The summed E-state index contributed by atoms with van der Waals surface area (Å²) < 4.78 is 0. The van der Waals surface area contributed by atoms with Gasteiger partial charge in [-0.3, -0.25) is 15.1 Å². The Morgan fingerprint density at radius 3 is 2.78 bits per heavy atom. The van der Waals surface area contributed by atoms with Crippen molar-refractivity contribution >= 4 is 11.3 Å². The standard InChI is InChI=1S/C13H17N3O2/c1-9-11(7-15-8-12(9)16(17)18)10-3-5-13(2,14)6-4-10/h3,7-8H,4-6,14H2,1-2H3. The van der Waals surface area contributed by atoms with Gasteiger partial charge in [0.15, 0.2) is 0 Å². The molecule has 2 N–H and O–H groups in total. The molecule has 0 amide bonds. The minimum atomic E-state index is -0.387. The summed E-state index contributed by atoms with van der Waals surface area (Å²) >= 11 is 0. The minimum absolute atomic E-state index is 0.0782. The van der Waals surface area contributed by atoms with Crippen LogP contribution in [-0.2, 0) is 0 Å². The molecular weight excluding hydrogens is 230 g/mol. The summed E-state index contributed by atoms with van der Waals surface area (Å²) in [5, 5.41) is 10.9. The van der Waals surface area contributed by atoms with Gasteiger partial charge in [-0.1, -0.05) is 6.08 Å². The highest BCUT2D eigenvalue weighted by atomic mass is 16.6. The van der Waals surface area contributed by atoms with E-state index in [0.717, 1.165) is 30.4 Å². The van der Waals surface area contributed by atoms with E-state index in [1.807, 2.05) is 6.92 Å². The molecule has 0 radical (unpaired) electrons. The van der Waals surface area contributed by atoms with Crippen molar-refractivity contribution in [1.82, 2.24) is 4.98 Å². The Bertz CT molecular complexity index is 521. The Balaban J connectivity index is 2.38. The first-order valence-electron chi connectivity index (χ1n) is 5.98. The molecule has 1 unspecified atom stereocenters. The molecule has 1 aliphatic carbocycles. The molecule has 0 saturated carbocycles. The van der Waals surface area contributed by atoms with Crippen LogP contribution in [0.3, 0.4) is 0 Å². The van der Waals surface area contributed by atoms with Crippen LogP contribution in [0.4, 0.5) is 5.69 Å². The molecule has 0 aromatic carbocycles. The highest BCUT2D eigenvalue weighted by molar-refractivity contribution is 5.71.